The Balaban J connectivity index is 2.02. The first kappa shape index (κ1) is 14.9. The fourth-order valence-electron chi connectivity index (χ4n) is 2.70. The van der Waals surface area contributed by atoms with Gasteiger partial charge in [0, 0.05) is 6.42 Å². The van der Waals surface area contributed by atoms with Crippen molar-refractivity contribution in [3.63, 3.8) is 0 Å². The summed E-state index contributed by atoms with van der Waals surface area (Å²) in [6.45, 7) is 0.666. The standard InChI is InChI=1S/C19H16N2O2/c22-14-20-12-11-19(23)21-13-17-7-2-1-5-15(17)9-10-16-6-3-4-8-18(16)21/h1-10H,11-13H2/b10-9-. The number of rotatable bonds is 3. The molecule has 0 radical (unpaired) electrons. The summed E-state index contributed by atoms with van der Waals surface area (Å²) < 4.78 is 0. The number of isocyanates is 1. The van der Waals surface area contributed by atoms with Crippen molar-refractivity contribution < 1.29 is 9.59 Å². The Morgan fingerprint density at radius 2 is 1.74 bits per heavy atom. The molecule has 0 bridgehead atoms. The molecule has 0 saturated carbocycles. The molecular formula is C19H16N2O2. The van der Waals surface area contributed by atoms with Crippen molar-refractivity contribution in [3.8, 4) is 0 Å². The number of carbonyl (C=O) groups is 1. The normalized spacial score (nSPS) is 13.8. The first-order valence-electron chi connectivity index (χ1n) is 7.48. The third-order valence-corrected chi connectivity index (χ3v) is 3.86. The number of hydrogen-bond acceptors (Lipinski definition) is 3. The lowest BCUT2D eigenvalue weighted by molar-refractivity contribution is -0.118. The third-order valence-electron chi connectivity index (χ3n) is 3.86. The van der Waals surface area contributed by atoms with Gasteiger partial charge in [0.15, 0.2) is 0 Å². The van der Waals surface area contributed by atoms with E-state index >= 15 is 0 Å². The Morgan fingerprint density at radius 1 is 1.04 bits per heavy atom. The summed E-state index contributed by atoms with van der Waals surface area (Å²) in [7, 11) is 0. The highest BCUT2D eigenvalue weighted by Gasteiger charge is 2.20. The van der Waals surface area contributed by atoms with E-state index in [0.717, 1.165) is 22.4 Å². The molecule has 1 aliphatic rings. The van der Waals surface area contributed by atoms with Gasteiger partial charge in [0.25, 0.3) is 0 Å². The van der Waals surface area contributed by atoms with Gasteiger partial charge in [-0.2, -0.15) is 0 Å². The summed E-state index contributed by atoms with van der Waals surface area (Å²) in [6, 6.07) is 15.8. The van der Waals surface area contributed by atoms with Crippen LogP contribution >= 0.6 is 0 Å². The largest absolute Gasteiger partial charge is 0.307 e. The number of amides is 1. The van der Waals surface area contributed by atoms with E-state index in [1.165, 1.54) is 6.08 Å². The molecule has 0 N–H and O–H groups in total. The van der Waals surface area contributed by atoms with Crippen molar-refractivity contribution in [2.24, 2.45) is 4.99 Å². The van der Waals surface area contributed by atoms with E-state index in [4.69, 9.17) is 0 Å². The minimum atomic E-state index is -0.0541. The number of nitrogens with zero attached hydrogens (tertiary/aromatic N) is 2. The zero-order chi connectivity index (χ0) is 16.1. The molecule has 23 heavy (non-hydrogen) atoms. The Labute approximate surface area is 134 Å². The summed E-state index contributed by atoms with van der Waals surface area (Å²) >= 11 is 0. The maximum Gasteiger partial charge on any atom is 0.234 e. The SMILES string of the molecule is O=C=NCCC(=O)N1Cc2ccccc2/C=C\c2ccccc21. The Morgan fingerprint density at radius 3 is 2.57 bits per heavy atom. The van der Waals surface area contributed by atoms with Crippen LogP contribution in [0.5, 0.6) is 0 Å². The van der Waals surface area contributed by atoms with Gasteiger partial charge in [-0.15, -0.1) is 0 Å². The number of anilines is 1. The maximum atomic E-state index is 12.6. The summed E-state index contributed by atoms with van der Waals surface area (Å²) in [4.78, 5) is 28.1. The second-order valence-corrected chi connectivity index (χ2v) is 5.29. The van der Waals surface area contributed by atoms with E-state index in [1.54, 1.807) is 4.90 Å². The summed E-state index contributed by atoms with van der Waals surface area (Å²) in [6.07, 6.45) is 5.77. The van der Waals surface area contributed by atoms with Gasteiger partial charge in [-0.3, -0.25) is 4.79 Å². The van der Waals surface area contributed by atoms with Crippen LogP contribution in [0.1, 0.15) is 23.1 Å². The number of hydrogen-bond donors (Lipinski definition) is 0. The molecule has 0 unspecified atom stereocenters. The molecule has 114 valence electrons. The first-order valence-corrected chi connectivity index (χ1v) is 7.48. The van der Waals surface area contributed by atoms with Gasteiger partial charge in [-0.05, 0) is 22.8 Å². The van der Waals surface area contributed by atoms with Crippen molar-refractivity contribution in [2.75, 3.05) is 11.4 Å². The van der Waals surface area contributed by atoms with Crippen LogP contribution in [0.2, 0.25) is 0 Å². The molecular weight excluding hydrogens is 288 g/mol. The van der Waals surface area contributed by atoms with Crippen LogP contribution in [0.15, 0.2) is 53.5 Å². The van der Waals surface area contributed by atoms with E-state index in [9.17, 15) is 9.59 Å². The van der Waals surface area contributed by atoms with Gasteiger partial charge < -0.3 is 4.90 Å². The topological polar surface area (TPSA) is 49.7 Å². The van der Waals surface area contributed by atoms with Crippen molar-refractivity contribution in [3.05, 3.63) is 65.2 Å². The molecule has 4 nitrogen and oxygen atoms in total. The second kappa shape index (κ2) is 6.86. The summed E-state index contributed by atoms with van der Waals surface area (Å²) in [5.74, 6) is -0.0541. The average Bonchev–Trinajstić information content (AvgIpc) is 2.57. The highest BCUT2D eigenvalue weighted by atomic mass is 16.2. The maximum absolute atomic E-state index is 12.6. The van der Waals surface area contributed by atoms with Crippen LogP contribution < -0.4 is 4.90 Å². The molecule has 0 atom stereocenters. The fourth-order valence-corrected chi connectivity index (χ4v) is 2.70. The van der Waals surface area contributed by atoms with Gasteiger partial charge in [0.1, 0.15) is 0 Å². The minimum Gasteiger partial charge on any atom is -0.307 e. The lowest BCUT2D eigenvalue weighted by Crippen LogP contribution is -2.32. The second-order valence-electron chi connectivity index (χ2n) is 5.29. The zero-order valence-corrected chi connectivity index (χ0v) is 12.6. The third kappa shape index (κ3) is 3.28. The van der Waals surface area contributed by atoms with E-state index in [1.807, 2.05) is 54.6 Å². The summed E-state index contributed by atoms with van der Waals surface area (Å²) in [5, 5.41) is 0. The van der Waals surface area contributed by atoms with Gasteiger partial charge in [-0.25, -0.2) is 9.79 Å². The van der Waals surface area contributed by atoms with E-state index < -0.39 is 0 Å². The number of aliphatic imine (C=N–C) groups is 1. The fraction of sp³-hybridized carbons (Fsp3) is 0.158. The minimum absolute atomic E-state index is 0.0541. The number of fused-ring (bicyclic) bond motifs is 2. The molecule has 0 saturated heterocycles. The lowest BCUT2D eigenvalue weighted by Gasteiger charge is -2.26. The molecule has 0 aliphatic carbocycles. The highest BCUT2D eigenvalue weighted by molar-refractivity contribution is 5.97. The Bertz CT molecular complexity index is 805. The Hall–Kier alpha value is -2.97. The number of benzene rings is 2. The van der Waals surface area contributed by atoms with Crippen molar-refractivity contribution in [2.45, 2.75) is 13.0 Å². The molecule has 3 rings (SSSR count). The van der Waals surface area contributed by atoms with Crippen LogP contribution in [-0.2, 0) is 16.1 Å². The average molecular weight is 304 g/mol. The number of carbonyl (C=O) groups excluding carboxylic acids is 2. The monoisotopic (exact) mass is 304 g/mol. The smallest absolute Gasteiger partial charge is 0.234 e. The molecule has 0 fully saturated rings. The van der Waals surface area contributed by atoms with Crippen molar-refractivity contribution in [1.29, 1.82) is 0 Å². The molecule has 1 aliphatic heterocycles. The van der Waals surface area contributed by atoms with Crippen molar-refractivity contribution >= 4 is 29.8 Å². The van der Waals surface area contributed by atoms with Gasteiger partial charge >= 0.3 is 0 Å². The zero-order valence-electron chi connectivity index (χ0n) is 12.6. The lowest BCUT2D eigenvalue weighted by atomic mass is 10.0. The van der Waals surface area contributed by atoms with Gasteiger partial charge in [0.05, 0.1) is 18.8 Å². The molecule has 0 spiro atoms. The number of para-hydroxylation sites is 1. The molecule has 1 heterocycles. The molecule has 0 aromatic heterocycles. The van der Waals surface area contributed by atoms with E-state index in [-0.39, 0.29) is 18.9 Å². The van der Waals surface area contributed by atoms with Crippen LogP contribution in [0.4, 0.5) is 5.69 Å². The van der Waals surface area contributed by atoms with E-state index in [2.05, 4.69) is 11.1 Å². The highest BCUT2D eigenvalue weighted by Crippen LogP contribution is 2.29. The predicted molar refractivity (Wildman–Crippen MR) is 90.6 cm³/mol. The molecule has 4 heteroatoms. The van der Waals surface area contributed by atoms with Gasteiger partial charge in [0.2, 0.25) is 12.0 Å². The molecule has 1 amide bonds. The van der Waals surface area contributed by atoms with Crippen LogP contribution in [0.3, 0.4) is 0 Å². The predicted octanol–water partition coefficient (Wildman–Crippen LogP) is 3.43. The van der Waals surface area contributed by atoms with Crippen LogP contribution in [-0.4, -0.2) is 18.5 Å². The molecule has 2 aromatic rings. The van der Waals surface area contributed by atoms with E-state index in [0.29, 0.717) is 6.54 Å². The van der Waals surface area contributed by atoms with Crippen LogP contribution in [0, 0.1) is 0 Å². The molecule has 2 aromatic carbocycles. The van der Waals surface area contributed by atoms with Gasteiger partial charge in [-0.1, -0.05) is 54.6 Å². The Kier molecular flexibility index (Phi) is 4.46. The summed E-state index contributed by atoms with van der Waals surface area (Å²) in [5.41, 5.74) is 4.06. The van der Waals surface area contributed by atoms with Crippen LogP contribution in [0.25, 0.3) is 12.2 Å². The quantitative estimate of drug-likeness (QED) is 0.644. The van der Waals surface area contributed by atoms with Crippen molar-refractivity contribution in [1.82, 2.24) is 0 Å². The first-order chi connectivity index (χ1) is 11.3.